The third kappa shape index (κ3) is 3.43. The molecule has 0 fully saturated rings. The van der Waals surface area contributed by atoms with Gasteiger partial charge in [0.15, 0.2) is 0 Å². The van der Waals surface area contributed by atoms with Crippen LogP contribution in [-0.4, -0.2) is 21.3 Å². The zero-order valence-corrected chi connectivity index (χ0v) is 13.7. The third-order valence-corrected chi connectivity index (χ3v) is 4.33. The van der Waals surface area contributed by atoms with Gasteiger partial charge in [0, 0.05) is 17.6 Å². The molecule has 0 aliphatic carbocycles. The molecule has 104 valence electrons. The Balaban J connectivity index is 2.34. The van der Waals surface area contributed by atoms with Crippen LogP contribution in [0.4, 0.5) is 0 Å². The molecule has 1 unspecified atom stereocenters. The maximum atomic E-state index is 4.46. The molecule has 0 aromatic carbocycles. The van der Waals surface area contributed by atoms with Crippen LogP contribution in [-0.2, 0) is 6.54 Å². The van der Waals surface area contributed by atoms with Crippen molar-refractivity contribution >= 4 is 27.3 Å². The fourth-order valence-electron chi connectivity index (χ4n) is 2.04. The number of aromatic nitrogens is 3. The first-order valence-corrected chi connectivity index (χ1v) is 8.28. The zero-order chi connectivity index (χ0) is 13.7. The minimum atomic E-state index is 0.163. The summed E-state index contributed by atoms with van der Waals surface area (Å²) < 4.78 is 3.14. The molecule has 1 atom stereocenters. The number of rotatable bonds is 7. The monoisotopic (exact) mass is 342 g/mol. The summed E-state index contributed by atoms with van der Waals surface area (Å²) in [6.45, 7) is 6.26. The van der Waals surface area contributed by atoms with Crippen LogP contribution in [0.5, 0.6) is 0 Å². The molecule has 0 saturated heterocycles. The Morgan fingerprint density at radius 1 is 1.37 bits per heavy atom. The maximum Gasteiger partial charge on any atom is 0.0869 e. The summed E-state index contributed by atoms with van der Waals surface area (Å²) in [6.07, 6.45) is 6.00. The van der Waals surface area contributed by atoms with Crippen LogP contribution >= 0.6 is 27.3 Å². The van der Waals surface area contributed by atoms with E-state index in [4.69, 9.17) is 0 Å². The molecule has 4 nitrogen and oxygen atoms in total. The zero-order valence-electron chi connectivity index (χ0n) is 11.3. The van der Waals surface area contributed by atoms with Gasteiger partial charge in [0.25, 0.3) is 0 Å². The van der Waals surface area contributed by atoms with Crippen molar-refractivity contribution in [1.29, 1.82) is 0 Å². The molecule has 1 N–H and O–H groups in total. The van der Waals surface area contributed by atoms with Gasteiger partial charge < -0.3 is 5.32 Å². The van der Waals surface area contributed by atoms with Crippen LogP contribution in [0.3, 0.4) is 0 Å². The smallest absolute Gasteiger partial charge is 0.0869 e. The number of hydrogen-bond acceptors (Lipinski definition) is 4. The van der Waals surface area contributed by atoms with Crippen LogP contribution in [0, 0.1) is 0 Å². The highest BCUT2D eigenvalue weighted by Gasteiger charge is 2.22. The largest absolute Gasteiger partial charge is 0.304 e. The van der Waals surface area contributed by atoms with E-state index >= 15 is 0 Å². The lowest BCUT2D eigenvalue weighted by molar-refractivity contribution is 0.513. The van der Waals surface area contributed by atoms with Crippen LogP contribution in [0.25, 0.3) is 0 Å². The van der Waals surface area contributed by atoms with Crippen LogP contribution in [0.1, 0.15) is 43.3 Å². The molecule has 0 bridgehead atoms. The Kier molecular flexibility index (Phi) is 5.54. The topological polar surface area (TPSA) is 42.7 Å². The van der Waals surface area contributed by atoms with E-state index in [0.717, 1.165) is 30.4 Å². The van der Waals surface area contributed by atoms with Crippen molar-refractivity contribution in [2.75, 3.05) is 6.54 Å². The lowest BCUT2D eigenvalue weighted by Crippen LogP contribution is -2.25. The Morgan fingerprint density at radius 3 is 2.84 bits per heavy atom. The highest BCUT2D eigenvalue weighted by molar-refractivity contribution is 9.10. The van der Waals surface area contributed by atoms with E-state index in [1.165, 1.54) is 10.6 Å². The fourth-order valence-corrected chi connectivity index (χ4v) is 3.26. The molecule has 0 spiro atoms. The molecule has 0 saturated carbocycles. The molecule has 2 rings (SSSR count). The number of nitrogens with one attached hydrogen (secondary N) is 1. The Morgan fingerprint density at radius 2 is 2.21 bits per heavy atom. The van der Waals surface area contributed by atoms with Gasteiger partial charge in [-0.15, -0.1) is 11.3 Å². The van der Waals surface area contributed by atoms with Crippen molar-refractivity contribution in [2.45, 2.75) is 39.3 Å². The van der Waals surface area contributed by atoms with Gasteiger partial charge in [-0.2, -0.15) is 5.10 Å². The van der Waals surface area contributed by atoms with Gasteiger partial charge in [-0.1, -0.05) is 13.8 Å². The average Bonchev–Trinajstić information content (AvgIpc) is 3.03. The lowest BCUT2D eigenvalue weighted by atomic mass is 10.1. The molecule has 2 aromatic heterocycles. The number of hydrogen-bond donors (Lipinski definition) is 1. The molecular weight excluding hydrogens is 324 g/mol. The summed E-state index contributed by atoms with van der Waals surface area (Å²) in [5, 5.41) is 8.05. The average molecular weight is 343 g/mol. The molecule has 0 aliphatic heterocycles. The van der Waals surface area contributed by atoms with Crippen molar-refractivity contribution < 1.29 is 0 Å². The molecular formula is C13H19BrN4S. The maximum absolute atomic E-state index is 4.46. The Hall–Kier alpha value is -0.720. The molecule has 0 amide bonds. The normalized spacial score (nSPS) is 12.8. The highest BCUT2D eigenvalue weighted by Crippen LogP contribution is 2.30. The number of halogens is 1. The Bertz CT molecular complexity index is 495. The number of thiazole rings is 1. The first kappa shape index (κ1) is 14.7. The molecule has 0 radical (unpaired) electrons. The van der Waals surface area contributed by atoms with Gasteiger partial charge >= 0.3 is 0 Å². The minimum absolute atomic E-state index is 0.163. The first-order chi connectivity index (χ1) is 9.27. The molecule has 2 aromatic rings. The van der Waals surface area contributed by atoms with Crippen molar-refractivity contribution in [3.63, 3.8) is 0 Å². The van der Waals surface area contributed by atoms with E-state index in [0.29, 0.717) is 0 Å². The molecule has 0 aliphatic rings. The van der Waals surface area contributed by atoms with E-state index in [9.17, 15) is 0 Å². The summed E-state index contributed by atoms with van der Waals surface area (Å²) in [4.78, 5) is 5.43. The first-order valence-electron chi connectivity index (χ1n) is 6.60. The summed E-state index contributed by atoms with van der Waals surface area (Å²) in [6, 6.07) is 0.163. The van der Waals surface area contributed by atoms with E-state index in [1.807, 2.05) is 17.9 Å². The van der Waals surface area contributed by atoms with Crippen molar-refractivity contribution in [2.24, 2.45) is 0 Å². The number of aryl methyl sites for hydroxylation is 1. The van der Waals surface area contributed by atoms with Crippen molar-refractivity contribution in [3.8, 4) is 0 Å². The molecule has 6 heteroatoms. The van der Waals surface area contributed by atoms with E-state index in [-0.39, 0.29) is 6.04 Å². The molecule has 19 heavy (non-hydrogen) atoms. The van der Waals surface area contributed by atoms with E-state index < -0.39 is 0 Å². The minimum Gasteiger partial charge on any atom is -0.304 e. The Labute approximate surface area is 126 Å². The number of nitrogens with zero attached hydrogens (tertiary/aromatic N) is 3. The van der Waals surface area contributed by atoms with Crippen molar-refractivity contribution in [1.82, 2.24) is 20.1 Å². The third-order valence-electron chi connectivity index (χ3n) is 2.88. The summed E-state index contributed by atoms with van der Waals surface area (Å²) >= 11 is 5.31. The van der Waals surface area contributed by atoms with Crippen LogP contribution in [0.15, 0.2) is 22.4 Å². The van der Waals surface area contributed by atoms with Gasteiger partial charge in [0.05, 0.1) is 27.9 Å². The van der Waals surface area contributed by atoms with E-state index in [1.54, 1.807) is 11.3 Å². The quantitative estimate of drug-likeness (QED) is 0.835. The lowest BCUT2D eigenvalue weighted by Gasteiger charge is -2.19. The van der Waals surface area contributed by atoms with Gasteiger partial charge in [-0.25, -0.2) is 0 Å². The van der Waals surface area contributed by atoms with Crippen molar-refractivity contribution in [3.05, 3.63) is 32.9 Å². The predicted molar refractivity (Wildman–Crippen MR) is 82.5 cm³/mol. The predicted octanol–water partition coefficient (Wildman–Crippen LogP) is 3.60. The standard InChI is InChI=1S/C13H19BrN4S/c1-3-5-16-12(11-8-15-9-19-11)13-10(14)7-17-18(13)6-4-2/h7-9,12,16H,3-6H2,1-2H3. The van der Waals surface area contributed by atoms with Crippen LogP contribution in [0.2, 0.25) is 0 Å². The van der Waals surface area contributed by atoms with Gasteiger partial charge in [-0.05, 0) is 35.3 Å². The second-order valence-corrected chi connectivity index (χ2v) is 6.16. The summed E-state index contributed by atoms with van der Waals surface area (Å²) in [7, 11) is 0. The van der Waals surface area contributed by atoms with Gasteiger partial charge in [0.2, 0.25) is 0 Å². The fraction of sp³-hybridized carbons (Fsp3) is 0.538. The summed E-state index contributed by atoms with van der Waals surface area (Å²) in [5.41, 5.74) is 3.07. The SMILES string of the molecule is CCCNC(c1cncs1)c1c(Br)cnn1CCC. The molecule has 2 heterocycles. The summed E-state index contributed by atoms with van der Waals surface area (Å²) in [5.74, 6) is 0. The second-order valence-electron chi connectivity index (χ2n) is 4.39. The van der Waals surface area contributed by atoms with E-state index in [2.05, 4.69) is 49.9 Å². The van der Waals surface area contributed by atoms with Crippen LogP contribution < -0.4 is 5.32 Å². The van der Waals surface area contributed by atoms with Gasteiger partial charge in [0.1, 0.15) is 0 Å². The second kappa shape index (κ2) is 7.17. The van der Waals surface area contributed by atoms with Gasteiger partial charge in [-0.3, -0.25) is 9.67 Å². The highest BCUT2D eigenvalue weighted by atomic mass is 79.9.